The Balaban J connectivity index is 0.00000220. The first-order valence-electron chi connectivity index (χ1n) is 6.65. The van der Waals surface area contributed by atoms with Crippen LogP contribution in [0.2, 0.25) is 0 Å². The van der Waals surface area contributed by atoms with Crippen molar-refractivity contribution in [2.24, 2.45) is 4.99 Å². The normalized spacial score (nSPS) is 11.0. The molecular formula is C14H20BrIN4S. The number of hydrogen-bond donors (Lipinski definition) is 2. The molecule has 0 aliphatic carbocycles. The van der Waals surface area contributed by atoms with Gasteiger partial charge in [-0.25, -0.2) is 4.99 Å². The van der Waals surface area contributed by atoms with Gasteiger partial charge in [0.15, 0.2) is 5.96 Å². The third-order valence-electron chi connectivity index (χ3n) is 2.69. The summed E-state index contributed by atoms with van der Waals surface area (Å²) in [5.74, 6) is 0.865. The highest BCUT2D eigenvalue weighted by atomic mass is 127. The smallest absolute Gasteiger partial charge is 0.191 e. The Bertz CT molecular complexity index is 539. The van der Waals surface area contributed by atoms with E-state index in [1.54, 1.807) is 11.3 Å². The molecule has 2 rings (SSSR count). The summed E-state index contributed by atoms with van der Waals surface area (Å²) < 4.78 is 3.29. The Kier molecular flexibility index (Phi) is 9.02. The second-order valence-corrected chi connectivity index (χ2v) is 6.80. The third-order valence-corrected chi connectivity index (χ3v) is 4.30. The monoisotopic (exact) mass is 482 g/mol. The third kappa shape index (κ3) is 6.84. The SMILES string of the molecule is CCNC(=NCc1ccc(Br)s1)NCCn1cccc1.I. The maximum atomic E-state index is 4.59. The minimum Gasteiger partial charge on any atom is -0.357 e. The Labute approximate surface area is 155 Å². The van der Waals surface area contributed by atoms with E-state index in [0.717, 1.165) is 29.4 Å². The number of guanidine groups is 1. The maximum Gasteiger partial charge on any atom is 0.191 e. The lowest BCUT2D eigenvalue weighted by Gasteiger charge is -2.11. The number of rotatable bonds is 6. The molecule has 116 valence electrons. The summed E-state index contributed by atoms with van der Waals surface area (Å²) in [6, 6.07) is 8.23. The molecule has 0 spiro atoms. The molecule has 0 aliphatic heterocycles. The first kappa shape index (κ1) is 18.5. The van der Waals surface area contributed by atoms with Crippen LogP contribution in [-0.4, -0.2) is 23.6 Å². The quantitative estimate of drug-likeness (QED) is 0.374. The molecule has 0 aliphatic rings. The number of nitrogens with zero attached hydrogens (tertiary/aromatic N) is 2. The van der Waals surface area contributed by atoms with Crippen molar-refractivity contribution in [2.45, 2.75) is 20.0 Å². The summed E-state index contributed by atoms with van der Waals surface area (Å²) in [5, 5.41) is 6.61. The summed E-state index contributed by atoms with van der Waals surface area (Å²) in [6.07, 6.45) is 4.13. The minimum absolute atomic E-state index is 0. The zero-order valence-corrected chi connectivity index (χ0v) is 16.6. The fourth-order valence-corrected chi connectivity index (χ4v) is 3.17. The molecule has 0 aromatic carbocycles. The standard InChI is InChI=1S/C14H19BrN4S.HI/c1-2-16-14(17-7-10-19-8-3-4-9-19)18-11-12-5-6-13(15)20-12;/h3-6,8-9H,2,7,10-11H2,1H3,(H2,16,17,18);1H. The van der Waals surface area contributed by atoms with Crippen molar-refractivity contribution in [1.29, 1.82) is 0 Å². The van der Waals surface area contributed by atoms with Crippen molar-refractivity contribution in [1.82, 2.24) is 15.2 Å². The summed E-state index contributed by atoms with van der Waals surface area (Å²) in [5.41, 5.74) is 0. The Morgan fingerprint density at radius 1 is 1.29 bits per heavy atom. The van der Waals surface area contributed by atoms with Crippen molar-refractivity contribution >= 4 is 57.2 Å². The molecule has 21 heavy (non-hydrogen) atoms. The van der Waals surface area contributed by atoms with Gasteiger partial charge in [0.05, 0.1) is 10.3 Å². The summed E-state index contributed by atoms with van der Waals surface area (Å²) in [4.78, 5) is 5.84. The predicted octanol–water partition coefficient (Wildman–Crippen LogP) is 3.69. The highest BCUT2D eigenvalue weighted by Crippen LogP contribution is 2.22. The average molecular weight is 483 g/mol. The Morgan fingerprint density at radius 3 is 2.67 bits per heavy atom. The van der Waals surface area contributed by atoms with Gasteiger partial charge < -0.3 is 15.2 Å². The number of aromatic nitrogens is 1. The molecule has 2 aromatic heterocycles. The lowest BCUT2D eigenvalue weighted by Crippen LogP contribution is -2.38. The predicted molar refractivity (Wildman–Crippen MR) is 105 cm³/mol. The van der Waals surface area contributed by atoms with Gasteiger partial charge in [-0.3, -0.25) is 0 Å². The number of halogens is 2. The largest absolute Gasteiger partial charge is 0.357 e. The second-order valence-electron chi connectivity index (χ2n) is 4.25. The van der Waals surface area contributed by atoms with Gasteiger partial charge in [-0.15, -0.1) is 35.3 Å². The lowest BCUT2D eigenvalue weighted by molar-refractivity contribution is 0.666. The zero-order valence-electron chi connectivity index (χ0n) is 11.9. The minimum atomic E-state index is 0. The van der Waals surface area contributed by atoms with E-state index in [0.29, 0.717) is 6.54 Å². The maximum absolute atomic E-state index is 4.59. The molecular weight excluding hydrogens is 463 g/mol. The number of aliphatic imine (C=N–C) groups is 1. The van der Waals surface area contributed by atoms with Crippen molar-refractivity contribution in [3.8, 4) is 0 Å². The van der Waals surface area contributed by atoms with Gasteiger partial charge in [0.1, 0.15) is 0 Å². The Hall–Kier alpha value is -0.540. The number of thiophene rings is 1. The van der Waals surface area contributed by atoms with Crippen molar-refractivity contribution in [2.75, 3.05) is 13.1 Å². The van der Waals surface area contributed by atoms with Crippen LogP contribution in [0.25, 0.3) is 0 Å². The van der Waals surface area contributed by atoms with Crippen LogP contribution < -0.4 is 10.6 Å². The molecule has 0 radical (unpaired) electrons. The fraction of sp³-hybridized carbons (Fsp3) is 0.357. The van der Waals surface area contributed by atoms with E-state index in [9.17, 15) is 0 Å². The highest BCUT2D eigenvalue weighted by molar-refractivity contribution is 14.0. The summed E-state index contributed by atoms with van der Waals surface area (Å²) in [7, 11) is 0. The number of hydrogen-bond acceptors (Lipinski definition) is 2. The topological polar surface area (TPSA) is 41.4 Å². The van der Waals surface area contributed by atoms with Crippen molar-refractivity contribution in [3.05, 3.63) is 45.3 Å². The van der Waals surface area contributed by atoms with Crippen LogP contribution in [0.1, 0.15) is 11.8 Å². The van der Waals surface area contributed by atoms with Gasteiger partial charge in [-0.05, 0) is 47.1 Å². The van der Waals surface area contributed by atoms with E-state index in [4.69, 9.17) is 0 Å². The van der Waals surface area contributed by atoms with Gasteiger partial charge in [0.2, 0.25) is 0 Å². The molecule has 4 nitrogen and oxygen atoms in total. The molecule has 0 amide bonds. The van der Waals surface area contributed by atoms with E-state index in [2.05, 4.69) is 67.6 Å². The lowest BCUT2D eigenvalue weighted by atomic mass is 10.5. The molecule has 0 saturated heterocycles. The van der Waals surface area contributed by atoms with E-state index in [1.165, 1.54) is 4.88 Å². The average Bonchev–Trinajstić information content (AvgIpc) is 3.07. The van der Waals surface area contributed by atoms with Crippen LogP contribution in [0.4, 0.5) is 0 Å². The van der Waals surface area contributed by atoms with Crippen LogP contribution in [0.5, 0.6) is 0 Å². The van der Waals surface area contributed by atoms with Gasteiger partial charge in [-0.1, -0.05) is 0 Å². The van der Waals surface area contributed by atoms with Crippen LogP contribution in [0.15, 0.2) is 45.4 Å². The Morgan fingerprint density at radius 2 is 2.05 bits per heavy atom. The first-order valence-corrected chi connectivity index (χ1v) is 8.26. The van der Waals surface area contributed by atoms with Crippen molar-refractivity contribution < 1.29 is 0 Å². The van der Waals surface area contributed by atoms with E-state index in [1.807, 2.05) is 12.1 Å². The molecule has 0 saturated carbocycles. The zero-order chi connectivity index (χ0) is 14.2. The van der Waals surface area contributed by atoms with Gasteiger partial charge in [-0.2, -0.15) is 0 Å². The number of nitrogens with one attached hydrogen (secondary N) is 2. The summed E-state index contributed by atoms with van der Waals surface area (Å²) in [6.45, 7) is 5.43. The summed E-state index contributed by atoms with van der Waals surface area (Å²) >= 11 is 5.19. The fourth-order valence-electron chi connectivity index (χ4n) is 1.76. The molecule has 0 unspecified atom stereocenters. The van der Waals surface area contributed by atoms with E-state index < -0.39 is 0 Å². The van der Waals surface area contributed by atoms with Gasteiger partial charge >= 0.3 is 0 Å². The molecule has 2 heterocycles. The highest BCUT2D eigenvalue weighted by Gasteiger charge is 1.99. The second kappa shape index (κ2) is 10.2. The van der Waals surface area contributed by atoms with Crippen molar-refractivity contribution in [3.63, 3.8) is 0 Å². The van der Waals surface area contributed by atoms with Gasteiger partial charge in [0.25, 0.3) is 0 Å². The molecule has 2 N–H and O–H groups in total. The molecule has 0 atom stereocenters. The van der Waals surface area contributed by atoms with Crippen LogP contribution in [0.3, 0.4) is 0 Å². The van der Waals surface area contributed by atoms with Crippen LogP contribution >= 0.6 is 51.2 Å². The molecule has 7 heteroatoms. The first-order chi connectivity index (χ1) is 9.78. The van der Waals surface area contributed by atoms with E-state index >= 15 is 0 Å². The van der Waals surface area contributed by atoms with E-state index in [-0.39, 0.29) is 24.0 Å². The van der Waals surface area contributed by atoms with Gasteiger partial charge in [0, 0.05) is 36.9 Å². The van der Waals surface area contributed by atoms with Crippen LogP contribution in [-0.2, 0) is 13.1 Å². The van der Waals surface area contributed by atoms with Crippen LogP contribution in [0, 0.1) is 0 Å². The molecule has 0 fully saturated rings. The molecule has 2 aromatic rings. The molecule has 0 bridgehead atoms.